The predicted octanol–water partition coefficient (Wildman–Crippen LogP) is 4.22. The van der Waals surface area contributed by atoms with Gasteiger partial charge in [-0.2, -0.15) is 0 Å². The molecule has 1 aliphatic rings. The lowest BCUT2D eigenvalue weighted by Gasteiger charge is -2.23. The summed E-state index contributed by atoms with van der Waals surface area (Å²) < 4.78 is 1.26. The molecule has 1 saturated carbocycles. The van der Waals surface area contributed by atoms with Gasteiger partial charge in [0.25, 0.3) is 0 Å². The molecule has 0 aromatic carbocycles. The molecule has 1 fully saturated rings. The molecule has 0 bridgehead atoms. The molecule has 1 aliphatic carbocycles. The van der Waals surface area contributed by atoms with Crippen molar-refractivity contribution in [2.24, 2.45) is 5.41 Å². The van der Waals surface area contributed by atoms with Gasteiger partial charge in [0, 0.05) is 10.9 Å². The Bertz CT molecular complexity index is 349. The third kappa shape index (κ3) is 3.08. The smallest absolute Gasteiger partial charge is 0.0701 e. The zero-order chi connectivity index (χ0) is 11.6. The fourth-order valence-electron chi connectivity index (χ4n) is 2.81. The Balaban J connectivity index is 1.94. The minimum absolute atomic E-state index is 0.511. The van der Waals surface area contributed by atoms with Crippen molar-refractivity contribution < 1.29 is 0 Å². The van der Waals surface area contributed by atoms with E-state index < -0.39 is 0 Å². The Kier molecular flexibility index (Phi) is 4.09. The van der Waals surface area contributed by atoms with E-state index in [1.165, 1.54) is 34.3 Å². The summed E-state index contributed by atoms with van der Waals surface area (Å²) in [5, 5.41) is 3.58. The monoisotopic (exact) mass is 301 g/mol. The normalized spacial score (nSPS) is 29.8. The standard InChI is InChI=1S/C13H20BrNS/c1-3-15-10-6-7-13(2,8-10)9-11-4-5-12(14)16-11/h4-5,10,15H,3,6-9H2,1-2H3. The second kappa shape index (κ2) is 5.19. The second-order valence-electron chi connectivity index (χ2n) is 5.19. The van der Waals surface area contributed by atoms with Gasteiger partial charge < -0.3 is 5.32 Å². The summed E-state index contributed by atoms with van der Waals surface area (Å²) in [6, 6.07) is 5.18. The highest BCUT2D eigenvalue weighted by atomic mass is 79.9. The van der Waals surface area contributed by atoms with Crippen molar-refractivity contribution in [3.8, 4) is 0 Å². The van der Waals surface area contributed by atoms with Crippen molar-refractivity contribution in [3.63, 3.8) is 0 Å². The van der Waals surface area contributed by atoms with E-state index in [1.54, 1.807) is 0 Å². The lowest BCUT2D eigenvalue weighted by Crippen LogP contribution is -2.27. The van der Waals surface area contributed by atoms with Gasteiger partial charge in [-0.15, -0.1) is 11.3 Å². The summed E-state index contributed by atoms with van der Waals surface area (Å²) in [6.07, 6.45) is 5.28. The van der Waals surface area contributed by atoms with Crippen molar-refractivity contribution in [3.05, 3.63) is 20.8 Å². The molecule has 3 heteroatoms. The Morgan fingerprint density at radius 2 is 2.38 bits per heavy atom. The summed E-state index contributed by atoms with van der Waals surface area (Å²) >= 11 is 5.43. The van der Waals surface area contributed by atoms with Gasteiger partial charge in [0.15, 0.2) is 0 Å². The van der Waals surface area contributed by atoms with E-state index in [9.17, 15) is 0 Å². The summed E-state index contributed by atoms with van der Waals surface area (Å²) in [5.74, 6) is 0. The Morgan fingerprint density at radius 1 is 1.56 bits per heavy atom. The zero-order valence-corrected chi connectivity index (χ0v) is 12.5. The summed E-state index contributed by atoms with van der Waals surface area (Å²) in [6.45, 7) is 5.75. The van der Waals surface area contributed by atoms with Gasteiger partial charge in [-0.25, -0.2) is 0 Å². The average Bonchev–Trinajstić information content (AvgIpc) is 2.75. The van der Waals surface area contributed by atoms with Crippen LogP contribution >= 0.6 is 27.3 Å². The topological polar surface area (TPSA) is 12.0 Å². The lowest BCUT2D eigenvalue weighted by atomic mass is 9.84. The molecule has 90 valence electrons. The molecule has 2 atom stereocenters. The number of halogens is 1. The molecule has 0 radical (unpaired) electrons. The number of thiophene rings is 1. The van der Waals surface area contributed by atoms with Crippen molar-refractivity contribution in [1.29, 1.82) is 0 Å². The molecule has 1 N–H and O–H groups in total. The molecule has 0 saturated heterocycles. The first-order chi connectivity index (χ1) is 7.61. The van der Waals surface area contributed by atoms with Crippen molar-refractivity contribution in [1.82, 2.24) is 5.32 Å². The minimum Gasteiger partial charge on any atom is -0.314 e. The van der Waals surface area contributed by atoms with Gasteiger partial charge in [-0.05, 0) is 65.7 Å². The molecule has 1 aromatic heterocycles. The van der Waals surface area contributed by atoms with Gasteiger partial charge in [-0.1, -0.05) is 13.8 Å². The van der Waals surface area contributed by atoms with Crippen LogP contribution in [-0.2, 0) is 6.42 Å². The van der Waals surface area contributed by atoms with Crippen LogP contribution in [0.4, 0.5) is 0 Å². The van der Waals surface area contributed by atoms with E-state index in [0.29, 0.717) is 5.41 Å². The van der Waals surface area contributed by atoms with Gasteiger partial charge in [0.1, 0.15) is 0 Å². The molecule has 1 heterocycles. The molecular formula is C13H20BrNS. The first kappa shape index (κ1) is 12.6. The highest BCUT2D eigenvalue weighted by Crippen LogP contribution is 2.42. The molecule has 2 rings (SSSR count). The third-order valence-corrected chi connectivity index (χ3v) is 5.18. The van der Waals surface area contributed by atoms with Crippen LogP contribution in [0.15, 0.2) is 15.9 Å². The number of hydrogen-bond acceptors (Lipinski definition) is 2. The van der Waals surface area contributed by atoms with E-state index in [0.717, 1.165) is 12.6 Å². The molecular weight excluding hydrogens is 282 g/mol. The van der Waals surface area contributed by atoms with Crippen molar-refractivity contribution >= 4 is 27.3 Å². The van der Waals surface area contributed by atoms with Crippen LogP contribution in [-0.4, -0.2) is 12.6 Å². The maximum absolute atomic E-state index is 3.58. The highest BCUT2D eigenvalue weighted by molar-refractivity contribution is 9.11. The fraction of sp³-hybridized carbons (Fsp3) is 0.692. The minimum atomic E-state index is 0.511. The zero-order valence-electron chi connectivity index (χ0n) is 10.1. The Morgan fingerprint density at radius 3 is 3.00 bits per heavy atom. The fourth-order valence-corrected chi connectivity index (χ4v) is 4.51. The van der Waals surface area contributed by atoms with E-state index in [-0.39, 0.29) is 0 Å². The summed E-state index contributed by atoms with van der Waals surface area (Å²) in [7, 11) is 0. The van der Waals surface area contributed by atoms with Crippen LogP contribution in [0.2, 0.25) is 0 Å². The van der Waals surface area contributed by atoms with E-state index in [4.69, 9.17) is 0 Å². The summed E-state index contributed by atoms with van der Waals surface area (Å²) in [4.78, 5) is 1.52. The van der Waals surface area contributed by atoms with Crippen LogP contribution < -0.4 is 5.32 Å². The van der Waals surface area contributed by atoms with E-state index >= 15 is 0 Å². The molecule has 0 amide bonds. The van der Waals surface area contributed by atoms with E-state index in [2.05, 4.69) is 47.2 Å². The SMILES string of the molecule is CCNC1CCC(C)(Cc2ccc(Br)s2)C1. The molecule has 2 unspecified atom stereocenters. The van der Waals surface area contributed by atoms with Gasteiger partial charge >= 0.3 is 0 Å². The Labute approximate surface area is 111 Å². The van der Waals surface area contributed by atoms with Crippen LogP contribution in [0.3, 0.4) is 0 Å². The van der Waals surface area contributed by atoms with Crippen molar-refractivity contribution in [2.45, 2.75) is 45.6 Å². The molecule has 16 heavy (non-hydrogen) atoms. The van der Waals surface area contributed by atoms with Crippen LogP contribution in [0.25, 0.3) is 0 Å². The largest absolute Gasteiger partial charge is 0.314 e. The average molecular weight is 302 g/mol. The number of nitrogens with one attached hydrogen (secondary N) is 1. The molecule has 1 nitrogen and oxygen atoms in total. The lowest BCUT2D eigenvalue weighted by molar-refractivity contribution is 0.325. The molecule has 0 spiro atoms. The van der Waals surface area contributed by atoms with Crippen LogP contribution in [0.5, 0.6) is 0 Å². The molecule has 0 aliphatic heterocycles. The second-order valence-corrected chi connectivity index (χ2v) is 7.74. The van der Waals surface area contributed by atoms with Crippen molar-refractivity contribution in [2.75, 3.05) is 6.54 Å². The first-order valence-electron chi connectivity index (χ1n) is 6.09. The van der Waals surface area contributed by atoms with Gasteiger partial charge in [0.2, 0.25) is 0 Å². The Hall–Kier alpha value is 0.140. The molecule has 1 aromatic rings. The first-order valence-corrected chi connectivity index (χ1v) is 7.70. The quantitative estimate of drug-likeness (QED) is 0.878. The third-order valence-electron chi connectivity index (χ3n) is 3.56. The van der Waals surface area contributed by atoms with Crippen LogP contribution in [0.1, 0.15) is 38.0 Å². The maximum Gasteiger partial charge on any atom is 0.0701 e. The van der Waals surface area contributed by atoms with Gasteiger partial charge in [0.05, 0.1) is 3.79 Å². The van der Waals surface area contributed by atoms with Crippen LogP contribution in [0, 0.1) is 5.41 Å². The number of rotatable bonds is 4. The highest BCUT2D eigenvalue weighted by Gasteiger charge is 2.34. The van der Waals surface area contributed by atoms with E-state index in [1.807, 2.05) is 11.3 Å². The van der Waals surface area contributed by atoms with Gasteiger partial charge in [-0.3, -0.25) is 0 Å². The maximum atomic E-state index is 3.58. The predicted molar refractivity (Wildman–Crippen MR) is 75.1 cm³/mol. The number of hydrogen-bond donors (Lipinski definition) is 1. The summed E-state index contributed by atoms with van der Waals surface area (Å²) in [5.41, 5.74) is 0.511.